The van der Waals surface area contributed by atoms with Crippen LogP contribution < -0.4 is 15.8 Å². The molecule has 1 rings (SSSR count). The molecule has 0 aliphatic carbocycles. The van der Waals surface area contributed by atoms with E-state index in [0.29, 0.717) is 26.3 Å². The molecule has 0 bridgehead atoms. The quantitative estimate of drug-likeness (QED) is 0.399. The minimum absolute atomic E-state index is 0.0616. The topological polar surface area (TPSA) is 117 Å². The second kappa shape index (κ2) is 12.2. The first-order valence-electron chi connectivity index (χ1n) is 8.32. The molecule has 8 nitrogen and oxygen atoms in total. The number of benzene rings is 1. The van der Waals surface area contributed by atoms with Gasteiger partial charge in [-0.1, -0.05) is 27.7 Å². The molecule has 8 heteroatoms. The lowest BCUT2D eigenvalue weighted by Gasteiger charge is -2.24. The maximum atomic E-state index is 11.7. The Labute approximate surface area is 148 Å². The number of nitrogens with one attached hydrogen (secondary N) is 1. The summed E-state index contributed by atoms with van der Waals surface area (Å²) in [7, 11) is 0. The molecule has 0 saturated carbocycles. The molecule has 1 amide bonds. The molecule has 25 heavy (non-hydrogen) atoms. The average molecular weight is 355 g/mol. The van der Waals surface area contributed by atoms with Gasteiger partial charge in [-0.05, 0) is 25.1 Å². The van der Waals surface area contributed by atoms with E-state index in [9.17, 15) is 14.9 Å². The lowest BCUT2D eigenvalue weighted by atomic mass is 9.95. The van der Waals surface area contributed by atoms with Gasteiger partial charge >= 0.3 is 6.09 Å². The molecule has 142 valence electrons. The average Bonchev–Trinajstić information content (AvgIpc) is 2.59. The van der Waals surface area contributed by atoms with Crippen LogP contribution in [0.15, 0.2) is 24.3 Å². The fraction of sp³-hybridized carbons (Fsp3) is 0.588. The van der Waals surface area contributed by atoms with Crippen molar-refractivity contribution in [3.8, 4) is 5.75 Å². The highest BCUT2D eigenvalue weighted by Crippen LogP contribution is 2.18. The number of non-ortho nitro benzene ring substituents is 1. The molecule has 0 aromatic heterocycles. The molecule has 0 spiro atoms. The molecule has 0 radical (unpaired) electrons. The number of amides is 1. The Balaban J connectivity index is 0.00000277. The number of nitro benzene ring substituents is 1. The first-order valence-corrected chi connectivity index (χ1v) is 8.32. The molecule has 0 unspecified atom stereocenters. The lowest BCUT2D eigenvalue weighted by Crippen LogP contribution is -2.38. The zero-order valence-electron chi connectivity index (χ0n) is 15.4. The van der Waals surface area contributed by atoms with Crippen LogP contribution in [-0.4, -0.2) is 37.3 Å². The second-order valence-corrected chi connectivity index (χ2v) is 5.85. The van der Waals surface area contributed by atoms with Gasteiger partial charge in [0.15, 0.2) is 0 Å². The zero-order valence-corrected chi connectivity index (χ0v) is 15.4. The van der Waals surface area contributed by atoms with Crippen LogP contribution >= 0.6 is 0 Å². The van der Waals surface area contributed by atoms with E-state index in [1.165, 1.54) is 24.3 Å². The van der Waals surface area contributed by atoms with Crippen LogP contribution in [0, 0.1) is 15.5 Å². The number of hydrogen-bond acceptors (Lipinski definition) is 6. The summed E-state index contributed by atoms with van der Waals surface area (Å²) in [5, 5.41) is 13.2. The molecule has 3 N–H and O–H groups in total. The van der Waals surface area contributed by atoms with Gasteiger partial charge in [0.05, 0.1) is 11.5 Å². The van der Waals surface area contributed by atoms with Crippen LogP contribution in [0.3, 0.4) is 0 Å². The van der Waals surface area contributed by atoms with Gasteiger partial charge in [-0.15, -0.1) is 0 Å². The number of carbonyl (C=O) groups is 1. The van der Waals surface area contributed by atoms with Crippen molar-refractivity contribution in [2.75, 3.05) is 26.3 Å². The van der Waals surface area contributed by atoms with Crippen LogP contribution in [0.2, 0.25) is 0 Å². The minimum Gasteiger partial charge on any atom is -0.410 e. The van der Waals surface area contributed by atoms with Crippen molar-refractivity contribution in [1.29, 1.82) is 0 Å². The highest BCUT2D eigenvalue weighted by Gasteiger charge is 2.20. The fourth-order valence-electron chi connectivity index (χ4n) is 1.68. The number of nitrogens with two attached hydrogens (primary N) is 1. The Bertz CT molecular complexity index is 518. The summed E-state index contributed by atoms with van der Waals surface area (Å²) in [6.07, 6.45) is 0.181. The molecule has 0 aliphatic rings. The van der Waals surface area contributed by atoms with Gasteiger partial charge < -0.3 is 20.5 Å². The van der Waals surface area contributed by atoms with Gasteiger partial charge in [-0.3, -0.25) is 10.1 Å². The normalized spacial score (nSPS) is 10.4. The molecule has 0 atom stereocenters. The number of nitrogens with zero attached hydrogens (tertiary/aromatic N) is 1. The summed E-state index contributed by atoms with van der Waals surface area (Å²) in [5.74, 6) is 0.241. The van der Waals surface area contributed by atoms with Crippen molar-refractivity contribution in [1.82, 2.24) is 5.32 Å². The van der Waals surface area contributed by atoms with Gasteiger partial charge in [0, 0.05) is 30.7 Å². The van der Waals surface area contributed by atoms with Gasteiger partial charge in [0.2, 0.25) is 0 Å². The van der Waals surface area contributed by atoms with E-state index >= 15 is 0 Å². The Morgan fingerprint density at radius 2 is 1.88 bits per heavy atom. The van der Waals surface area contributed by atoms with Crippen molar-refractivity contribution < 1.29 is 19.2 Å². The van der Waals surface area contributed by atoms with Crippen LogP contribution in [0.4, 0.5) is 10.5 Å². The van der Waals surface area contributed by atoms with Crippen molar-refractivity contribution >= 4 is 11.8 Å². The molecular formula is C17H29N3O5. The summed E-state index contributed by atoms with van der Waals surface area (Å²) in [4.78, 5) is 21.8. The molecule has 0 saturated heterocycles. The van der Waals surface area contributed by atoms with Crippen molar-refractivity contribution in [3.05, 3.63) is 34.4 Å². The highest BCUT2D eigenvalue weighted by molar-refractivity contribution is 5.70. The number of nitro groups is 1. The van der Waals surface area contributed by atoms with Crippen molar-refractivity contribution in [2.24, 2.45) is 11.1 Å². The first-order chi connectivity index (χ1) is 11.8. The predicted molar refractivity (Wildman–Crippen MR) is 96.7 cm³/mol. The summed E-state index contributed by atoms with van der Waals surface area (Å²) in [5.41, 5.74) is 5.08. The second-order valence-electron chi connectivity index (χ2n) is 5.85. The fourth-order valence-corrected chi connectivity index (χ4v) is 1.68. The third kappa shape index (κ3) is 10.3. The Hall–Kier alpha value is -2.19. The summed E-state index contributed by atoms with van der Waals surface area (Å²) in [6, 6.07) is 5.30. The van der Waals surface area contributed by atoms with Gasteiger partial charge in [0.1, 0.15) is 5.75 Å². The molecule has 0 fully saturated rings. The SMILES string of the molecule is CC.CC(C)(CNC(=O)Oc1ccc([N+](=O)[O-])cc1)COCCCN. The van der Waals surface area contributed by atoms with E-state index in [1.54, 1.807) is 0 Å². The summed E-state index contributed by atoms with van der Waals surface area (Å²) >= 11 is 0. The van der Waals surface area contributed by atoms with E-state index in [1.807, 2.05) is 27.7 Å². The van der Waals surface area contributed by atoms with Crippen molar-refractivity contribution in [3.63, 3.8) is 0 Å². The van der Waals surface area contributed by atoms with Crippen LogP contribution in [0.1, 0.15) is 34.1 Å². The lowest BCUT2D eigenvalue weighted by molar-refractivity contribution is -0.384. The third-order valence-electron chi connectivity index (χ3n) is 2.95. The van der Waals surface area contributed by atoms with Gasteiger partial charge in [-0.25, -0.2) is 4.79 Å². The standard InChI is InChI=1S/C15H23N3O5.C2H6/c1-15(2,11-22-9-3-8-16)10-17-14(19)23-13-6-4-12(5-7-13)18(20)21;1-2/h4-7H,3,8-11,16H2,1-2H3,(H,17,19);1-2H3. The maximum Gasteiger partial charge on any atom is 0.412 e. The zero-order chi connectivity index (χ0) is 19.3. The van der Waals surface area contributed by atoms with E-state index in [0.717, 1.165) is 6.42 Å². The maximum absolute atomic E-state index is 11.7. The number of ether oxygens (including phenoxy) is 2. The van der Waals surface area contributed by atoms with E-state index < -0.39 is 11.0 Å². The Morgan fingerprint density at radius 1 is 1.28 bits per heavy atom. The van der Waals surface area contributed by atoms with Gasteiger partial charge in [-0.2, -0.15) is 0 Å². The molecule has 0 aliphatic heterocycles. The van der Waals surface area contributed by atoms with E-state index in [-0.39, 0.29) is 16.9 Å². The number of hydrogen-bond donors (Lipinski definition) is 2. The molecule has 1 aromatic rings. The van der Waals surface area contributed by atoms with Crippen molar-refractivity contribution in [2.45, 2.75) is 34.1 Å². The molecular weight excluding hydrogens is 326 g/mol. The highest BCUT2D eigenvalue weighted by atomic mass is 16.6. The number of carbonyl (C=O) groups excluding carboxylic acids is 1. The van der Waals surface area contributed by atoms with Gasteiger partial charge in [0.25, 0.3) is 5.69 Å². The molecule has 0 heterocycles. The molecule has 1 aromatic carbocycles. The Morgan fingerprint density at radius 3 is 2.40 bits per heavy atom. The number of rotatable bonds is 9. The summed E-state index contributed by atoms with van der Waals surface area (Å²) < 4.78 is 10.5. The minimum atomic E-state index is -0.617. The smallest absolute Gasteiger partial charge is 0.410 e. The first kappa shape index (κ1) is 22.8. The van der Waals surface area contributed by atoms with Crippen LogP contribution in [0.5, 0.6) is 5.75 Å². The predicted octanol–water partition coefficient (Wildman–Crippen LogP) is 3.10. The van der Waals surface area contributed by atoms with Crippen LogP contribution in [-0.2, 0) is 4.74 Å². The monoisotopic (exact) mass is 355 g/mol. The van der Waals surface area contributed by atoms with E-state index in [4.69, 9.17) is 15.2 Å². The van der Waals surface area contributed by atoms with E-state index in [2.05, 4.69) is 5.32 Å². The van der Waals surface area contributed by atoms with Crippen LogP contribution in [0.25, 0.3) is 0 Å². The Kier molecular flexibility index (Phi) is 11.1. The summed E-state index contributed by atoms with van der Waals surface area (Å²) in [6.45, 7) is 9.96. The largest absolute Gasteiger partial charge is 0.412 e. The third-order valence-corrected chi connectivity index (χ3v) is 2.95.